The van der Waals surface area contributed by atoms with Crippen molar-refractivity contribution in [1.82, 2.24) is 9.97 Å². The Morgan fingerprint density at radius 1 is 1.08 bits per heavy atom. The molecule has 2 N–H and O–H groups in total. The lowest BCUT2D eigenvalue weighted by atomic mass is 10.2. The van der Waals surface area contributed by atoms with Crippen LogP contribution in [0, 0.1) is 0 Å². The molecule has 5 heteroatoms. The van der Waals surface area contributed by atoms with Crippen LogP contribution in [0.15, 0.2) is 27.5 Å². The van der Waals surface area contributed by atoms with Crippen molar-refractivity contribution in [3.8, 4) is 0 Å². The molecule has 3 nitrogen and oxygen atoms in total. The summed E-state index contributed by atoms with van der Waals surface area (Å²) in [6.07, 6.45) is 5.06. The van der Waals surface area contributed by atoms with E-state index in [1.165, 1.54) is 0 Å². The number of hydrogen-bond donors (Lipinski definition) is 1. The minimum atomic E-state index is 0.680. The quantitative estimate of drug-likeness (QED) is 0.814. The van der Waals surface area contributed by atoms with E-state index >= 15 is 0 Å². The lowest BCUT2D eigenvalue weighted by molar-refractivity contribution is 1.29. The fourth-order valence-electron chi connectivity index (χ4n) is 1.10. The van der Waals surface area contributed by atoms with Gasteiger partial charge >= 0.3 is 0 Å². The number of halogens is 2. The summed E-state index contributed by atoms with van der Waals surface area (Å²) in [6.45, 7) is 0. The first-order chi connectivity index (χ1) is 6.20. The van der Waals surface area contributed by atoms with Crippen LogP contribution >= 0.6 is 31.9 Å². The van der Waals surface area contributed by atoms with Crippen molar-refractivity contribution in [1.29, 1.82) is 0 Å². The van der Waals surface area contributed by atoms with Gasteiger partial charge in [-0.1, -0.05) is 0 Å². The molecule has 0 amide bonds. The second kappa shape index (κ2) is 3.23. The van der Waals surface area contributed by atoms with Crippen molar-refractivity contribution < 1.29 is 0 Å². The molecule has 0 aliphatic carbocycles. The molecule has 0 aromatic carbocycles. The average Bonchev–Trinajstić information content (AvgIpc) is 2.12. The topological polar surface area (TPSA) is 51.8 Å². The molecule has 0 unspecified atom stereocenters. The normalized spacial score (nSPS) is 10.6. The number of rotatable bonds is 0. The van der Waals surface area contributed by atoms with E-state index in [0.29, 0.717) is 5.69 Å². The maximum absolute atomic E-state index is 5.87. The number of aromatic nitrogens is 2. The highest BCUT2D eigenvalue weighted by Crippen LogP contribution is 2.31. The summed E-state index contributed by atoms with van der Waals surface area (Å²) in [4.78, 5) is 8.19. The highest BCUT2D eigenvalue weighted by atomic mass is 79.9. The van der Waals surface area contributed by atoms with Gasteiger partial charge in [0.05, 0.1) is 21.9 Å². The smallest absolute Gasteiger partial charge is 0.0918 e. The minimum absolute atomic E-state index is 0.680. The minimum Gasteiger partial charge on any atom is -0.397 e. The number of nitrogen functional groups attached to an aromatic ring is 1. The van der Waals surface area contributed by atoms with Gasteiger partial charge in [0.25, 0.3) is 0 Å². The summed E-state index contributed by atoms with van der Waals surface area (Å²) in [7, 11) is 0. The molecule has 2 aromatic rings. The average molecular weight is 303 g/mol. The van der Waals surface area contributed by atoms with Gasteiger partial charge in [-0.3, -0.25) is 9.97 Å². The predicted octanol–water partition coefficient (Wildman–Crippen LogP) is 2.74. The van der Waals surface area contributed by atoms with Gasteiger partial charge in [-0.2, -0.15) is 0 Å². The van der Waals surface area contributed by atoms with E-state index in [1.54, 1.807) is 18.6 Å². The molecule has 0 fully saturated rings. The summed E-state index contributed by atoms with van der Waals surface area (Å²) in [5, 5.41) is 0.893. The van der Waals surface area contributed by atoms with Crippen molar-refractivity contribution in [2.24, 2.45) is 0 Å². The predicted molar refractivity (Wildman–Crippen MR) is 59.4 cm³/mol. The zero-order valence-electron chi connectivity index (χ0n) is 6.46. The summed E-state index contributed by atoms with van der Waals surface area (Å²) < 4.78 is 1.66. The molecule has 2 aromatic heterocycles. The SMILES string of the molecule is Nc1c(Br)cnc2cncc(Br)c12. The molecular weight excluding hydrogens is 298 g/mol. The number of pyridine rings is 2. The molecule has 0 aliphatic heterocycles. The number of nitrogens with zero attached hydrogens (tertiary/aromatic N) is 2. The van der Waals surface area contributed by atoms with E-state index in [1.807, 2.05) is 0 Å². The largest absolute Gasteiger partial charge is 0.397 e. The van der Waals surface area contributed by atoms with Crippen molar-refractivity contribution >= 4 is 48.5 Å². The van der Waals surface area contributed by atoms with Crippen LogP contribution in [0.5, 0.6) is 0 Å². The molecule has 0 atom stereocenters. The van der Waals surface area contributed by atoms with E-state index in [0.717, 1.165) is 19.8 Å². The Morgan fingerprint density at radius 2 is 1.85 bits per heavy atom. The maximum Gasteiger partial charge on any atom is 0.0918 e. The van der Waals surface area contributed by atoms with Crippen molar-refractivity contribution in [2.75, 3.05) is 5.73 Å². The van der Waals surface area contributed by atoms with Gasteiger partial charge in [-0.05, 0) is 31.9 Å². The molecule has 2 heterocycles. The first kappa shape index (κ1) is 8.90. The van der Waals surface area contributed by atoms with Crippen molar-refractivity contribution in [3.63, 3.8) is 0 Å². The molecule has 0 saturated carbocycles. The molecule has 0 saturated heterocycles. The van der Waals surface area contributed by atoms with Crippen LogP contribution in [0.1, 0.15) is 0 Å². The fraction of sp³-hybridized carbons (Fsp3) is 0. The lowest BCUT2D eigenvalue weighted by Crippen LogP contribution is -1.92. The summed E-state index contributed by atoms with van der Waals surface area (Å²) in [5.41, 5.74) is 7.34. The molecular formula is C8H5Br2N3. The molecule has 0 spiro atoms. The second-order valence-corrected chi connectivity index (χ2v) is 4.24. The summed E-state index contributed by atoms with van der Waals surface area (Å²) in [5.74, 6) is 0. The fourth-order valence-corrected chi connectivity index (χ4v) is 1.94. The van der Waals surface area contributed by atoms with Gasteiger partial charge in [-0.25, -0.2) is 0 Å². The van der Waals surface area contributed by atoms with E-state index in [4.69, 9.17) is 5.73 Å². The molecule has 66 valence electrons. The van der Waals surface area contributed by atoms with Crippen LogP contribution in [0.2, 0.25) is 0 Å². The van der Waals surface area contributed by atoms with Crippen molar-refractivity contribution in [2.45, 2.75) is 0 Å². The van der Waals surface area contributed by atoms with Crippen LogP contribution in [0.25, 0.3) is 10.9 Å². The van der Waals surface area contributed by atoms with Crippen LogP contribution in [0.4, 0.5) is 5.69 Å². The highest BCUT2D eigenvalue weighted by Gasteiger charge is 2.06. The molecule has 0 aliphatic rings. The van der Waals surface area contributed by atoms with E-state index in [2.05, 4.69) is 41.8 Å². The molecule has 2 rings (SSSR count). The zero-order valence-corrected chi connectivity index (χ0v) is 9.63. The Bertz CT molecular complexity index is 470. The van der Waals surface area contributed by atoms with Gasteiger partial charge < -0.3 is 5.73 Å². The van der Waals surface area contributed by atoms with Gasteiger partial charge in [0, 0.05) is 22.3 Å². The third-order valence-electron chi connectivity index (χ3n) is 1.72. The summed E-state index contributed by atoms with van der Waals surface area (Å²) >= 11 is 6.70. The Kier molecular flexibility index (Phi) is 2.21. The monoisotopic (exact) mass is 301 g/mol. The van der Waals surface area contributed by atoms with Gasteiger partial charge in [0.15, 0.2) is 0 Å². The van der Waals surface area contributed by atoms with Crippen molar-refractivity contribution in [3.05, 3.63) is 27.5 Å². The Balaban J connectivity index is 2.97. The lowest BCUT2D eigenvalue weighted by Gasteiger charge is -2.04. The van der Waals surface area contributed by atoms with Crippen LogP contribution < -0.4 is 5.73 Å². The summed E-state index contributed by atoms with van der Waals surface area (Å²) in [6, 6.07) is 0. The zero-order chi connectivity index (χ0) is 9.42. The molecule has 13 heavy (non-hydrogen) atoms. The van der Waals surface area contributed by atoms with E-state index < -0.39 is 0 Å². The molecule has 0 bridgehead atoms. The first-order valence-corrected chi connectivity index (χ1v) is 5.12. The maximum atomic E-state index is 5.87. The highest BCUT2D eigenvalue weighted by molar-refractivity contribution is 9.11. The number of nitrogens with two attached hydrogens (primary N) is 1. The third kappa shape index (κ3) is 1.42. The third-order valence-corrected chi connectivity index (χ3v) is 2.96. The van der Waals surface area contributed by atoms with Crippen LogP contribution in [-0.2, 0) is 0 Å². The Hall–Kier alpha value is -0.680. The standard InChI is InChI=1S/C8H5Br2N3/c9-4-1-12-3-6-7(4)8(11)5(10)2-13-6/h1-3H,(H2,11,13). The second-order valence-electron chi connectivity index (χ2n) is 2.54. The van der Waals surface area contributed by atoms with E-state index in [9.17, 15) is 0 Å². The number of anilines is 1. The number of fused-ring (bicyclic) bond motifs is 1. The number of hydrogen-bond acceptors (Lipinski definition) is 3. The van der Waals surface area contributed by atoms with Gasteiger partial charge in [0.1, 0.15) is 0 Å². The van der Waals surface area contributed by atoms with Crippen LogP contribution in [0.3, 0.4) is 0 Å². The molecule has 0 radical (unpaired) electrons. The van der Waals surface area contributed by atoms with Gasteiger partial charge in [-0.15, -0.1) is 0 Å². The van der Waals surface area contributed by atoms with Gasteiger partial charge in [0.2, 0.25) is 0 Å². The van der Waals surface area contributed by atoms with Crippen LogP contribution in [-0.4, -0.2) is 9.97 Å². The van der Waals surface area contributed by atoms with E-state index in [-0.39, 0.29) is 0 Å². The Morgan fingerprint density at radius 3 is 2.62 bits per heavy atom. The Labute approximate surface area is 91.6 Å². The first-order valence-electron chi connectivity index (χ1n) is 3.53.